The van der Waals surface area contributed by atoms with Gasteiger partial charge in [0.15, 0.2) is 16.7 Å². The molecule has 0 amide bonds. The summed E-state index contributed by atoms with van der Waals surface area (Å²) in [6.45, 7) is 0. The summed E-state index contributed by atoms with van der Waals surface area (Å²) in [5.41, 5.74) is 0. The Morgan fingerprint density at radius 1 is 1.14 bits per heavy atom. The normalized spacial score (nSPS) is 10.1. The van der Waals surface area contributed by atoms with Gasteiger partial charge in [-0.05, 0) is 24.3 Å². The molecule has 0 aliphatic rings. The Morgan fingerprint density at radius 2 is 2.00 bits per heavy atom. The van der Waals surface area contributed by atoms with Crippen molar-refractivity contribution in [1.82, 2.24) is 0 Å². The lowest BCUT2D eigenvalue weighted by molar-refractivity contribution is 0.470. The molecule has 14 heavy (non-hydrogen) atoms. The first-order valence-electron chi connectivity index (χ1n) is 3.84. The SMILES string of the molecule is Fc1ccc(Oc2cc[c]s2)cc1F. The van der Waals surface area contributed by atoms with E-state index in [-0.39, 0.29) is 5.75 Å². The first-order valence-corrected chi connectivity index (χ1v) is 4.66. The molecule has 1 aromatic heterocycles. The standard InChI is InChI=1S/C10H5F2OS/c11-8-4-3-7(6-9(8)12)13-10-2-1-5-14-10/h1-4,6H. The molecule has 0 saturated heterocycles. The second-order valence-corrected chi connectivity index (χ2v) is 3.39. The van der Waals surface area contributed by atoms with Crippen molar-refractivity contribution in [2.24, 2.45) is 0 Å². The Hall–Kier alpha value is -1.42. The summed E-state index contributed by atoms with van der Waals surface area (Å²) in [5.74, 6) is -1.52. The van der Waals surface area contributed by atoms with Gasteiger partial charge in [-0.1, -0.05) is 11.3 Å². The third-order valence-electron chi connectivity index (χ3n) is 1.56. The Kier molecular flexibility index (Phi) is 2.45. The predicted molar refractivity (Wildman–Crippen MR) is 49.6 cm³/mol. The van der Waals surface area contributed by atoms with Crippen molar-refractivity contribution >= 4 is 11.3 Å². The molecule has 1 heterocycles. The molecule has 2 aromatic rings. The van der Waals surface area contributed by atoms with Crippen LogP contribution in [-0.4, -0.2) is 0 Å². The highest BCUT2D eigenvalue weighted by molar-refractivity contribution is 7.11. The van der Waals surface area contributed by atoms with Gasteiger partial charge in [-0.2, -0.15) is 0 Å². The zero-order chi connectivity index (χ0) is 9.97. The lowest BCUT2D eigenvalue weighted by atomic mass is 10.3. The lowest BCUT2D eigenvalue weighted by Crippen LogP contribution is -1.86. The molecule has 0 atom stereocenters. The second-order valence-electron chi connectivity index (χ2n) is 2.55. The van der Waals surface area contributed by atoms with Gasteiger partial charge in [-0.25, -0.2) is 8.78 Å². The number of rotatable bonds is 2. The number of benzene rings is 1. The summed E-state index contributed by atoms with van der Waals surface area (Å²) in [5, 5.41) is 3.42. The fraction of sp³-hybridized carbons (Fsp3) is 0. The van der Waals surface area contributed by atoms with Gasteiger partial charge in [-0.15, -0.1) is 0 Å². The van der Waals surface area contributed by atoms with Crippen molar-refractivity contribution in [2.45, 2.75) is 0 Å². The highest BCUT2D eigenvalue weighted by atomic mass is 32.1. The van der Waals surface area contributed by atoms with Gasteiger partial charge in [0.05, 0.1) is 0 Å². The van der Waals surface area contributed by atoms with Crippen LogP contribution in [0.4, 0.5) is 8.78 Å². The number of hydrogen-bond donors (Lipinski definition) is 0. The van der Waals surface area contributed by atoms with E-state index in [1.807, 2.05) is 0 Å². The molecule has 1 aromatic carbocycles. The summed E-state index contributed by atoms with van der Waals surface area (Å²) >= 11 is 1.26. The van der Waals surface area contributed by atoms with E-state index in [0.29, 0.717) is 5.06 Å². The summed E-state index contributed by atoms with van der Waals surface area (Å²) in [6.07, 6.45) is 0. The Balaban J connectivity index is 2.22. The maximum atomic E-state index is 12.7. The molecule has 0 aliphatic heterocycles. The number of hydrogen-bond acceptors (Lipinski definition) is 2. The zero-order valence-electron chi connectivity index (χ0n) is 6.96. The van der Waals surface area contributed by atoms with E-state index in [9.17, 15) is 8.78 Å². The average Bonchev–Trinajstić information content (AvgIpc) is 2.64. The topological polar surface area (TPSA) is 9.23 Å². The van der Waals surface area contributed by atoms with Crippen LogP contribution in [0.2, 0.25) is 0 Å². The molecule has 0 spiro atoms. The van der Waals surface area contributed by atoms with Crippen LogP contribution in [0.3, 0.4) is 0 Å². The van der Waals surface area contributed by atoms with E-state index in [1.54, 1.807) is 12.1 Å². The van der Waals surface area contributed by atoms with Crippen molar-refractivity contribution in [2.75, 3.05) is 0 Å². The van der Waals surface area contributed by atoms with Gasteiger partial charge in [0, 0.05) is 11.4 Å². The molecular formula is C10H5F2OS. The van der Waals surface area contributed by atoms with Crippen LogP contribution in [-0.2, 0) is 0 Å². The molecule has 0 saturated carbocycles. The molecule has 0 N–H and O–H groups in total. The summed E-state index contributed by atoms with van der Waals surface area (Å²) in [4.78, 5) is 0. The van der Waals surface area contributed by atoms with Crippen molar-refractivity contribution in [1.29, 1.82) is 0 Å². The number of thiophene rings is 1. The van der Waals surface area contributed by atoms with Crippen molar-refractivity contribution < 1.29 is 13.5 Å². The molecular weight excluding hydrogens is 206 g/mol. The van der Waals surface area contributed by atoms with Crippen LogP contribution in [0, 0.1) is 17.0 Å². The van der Waals surface area contributed by atoms with E-state index in [1.165, 1.54) is 17.4 Å². The van der Waals surface area contributed by atoms with Gasteiger partial charge in [0.25, 0.3) is 0 Å². The van der Waals surface area contributed by atoms with Crippen LogP contribution in [0.5, 0.6) is 10.8 Å². The van der Waals surface area contributed by atoms with Crippen LogP contribution in [0.1, 0.15) is 0 Å². The van der Waals surface area contributed by atoms with Crippen LogP contribution in [0.15, 0.2) is 30.3 Å². The molecule has 2 rings (SSSR count). The van der Waals surface area contributed by atoms with Crippen LogP contribution in [0.25, 0.3) is 0 Å². The summed E-state index contributed by atoms with van der Waals surface area (Å²) in [7, 11) is 0. The maximum Gasteiger partial charge on any atom is 0.181 e. The molecule has 71 valence electrons. The number of ether oxygens (including phenoxy) is 1. The highest BCUT2D eigenvalue weighted by Crippen LogP contribution is 2.26. The largest absolute Gasteiger partial charge is 0.447 e. The van der Waals surface area contributed by atoms with Crippen LogP contribution < -0.4 is 4.74 Å². The fourth-order valence-corrected chi connectivity index (χ4v) is 1.47. The molecule has 0 aliphatic carbocycles. The third-order valence-corrected chi connectivity index (χ3v) is 2.23. The maximum absolute atomic E-state index is 12.7. The predicted octanol–water partition coefficient (Wildman–Crippen LogP) is 3.62. The molecule has 0 unspecified atom stereocenters. The van der Waals surface area contributed by atoms with E-state index < -0.39 is 11.6 Å². The Morgan fingerprint density at radius 3 is 2.64 bits per heavy atom. The fourth-order valence-electron chi connectivity index (χ4n) is 0.940. The Labute approximate surface area is 83.6 Å². The summed E-state index contributed by atoms with van der Waals surface area (Å²) < 4.78 is 30.5. The molecule has 0 fully saturated rings. The van der Waals surface area contributed by atoms with Crippen molar-refractivity contribution in [3.63, 3.8) is 0 Å². The van der Waals surface area contributed by atoms with Crippen LogP contribution >= 0.6 is 11.3 Å². The van der Waals surface area contributed by atoms with E-state index in [2.05, 4.69) is 5.38 Å². The van der Waals surface area contributed by atoms with Gasteiger partial charge in [-0.3, -0.25) is 0 Å². The Bertz CT molecular complexity index is 426. The van der Waals surface area contributed by atoms with Crippen molar-refractivity contribution in [3.8, 4) is 10.8 Å². The summed E-state index contributed by atoms with van der Waals surface area (Å²) in [6, 6.07) is 6.81. The first kappa shape index (κ1) is 9.15. The smallest absolute Gasteiger partial charge is 0.181 e. The monoisotopic (exact) mass is 211 g/mol. The van der Waals surface area contributed by atoms with E-state index in [0.717, 1.165) is 12.1 Å². The van der Waals surface area contributed by atoms with Gasteiger partial charge < -0.3 is 4.74 Å². The lowest BCUT2D eigenvalue weighted by Gasteiger charge is -2.02. The molecule has 1 radical (unpaired) electrons. The molecule has 1 nitrogen and oxygen atoms in total. The minimum absolute atomic E-state index is 0.278. The number of halogens is 2. The van der Waals surface area contributed by atoms with Gasteiger partial charge in [0.2, 0.25) is 0 Å². The molecule has 0 bridgehead atoms. The second kappa shape index (κ2) is 3.75. The van der Waals surface area contributed by atoms with Gasteiger partial charge >= 0.3 is 0 Å². The van der Waals surface area contributed by atoms with Gasteiger partial charge in [0.1, 0.15) is 5.75 Å². The van der Waals surface area contributed by atoms with E-state index in [4.69, 9.17) is 4.74 Å². The third kappa shape index (κ3) is 1.90. The first-order chi connectivity index (χ1) is 6.75. The average molecular weight is 211 g/mol. The zero-order valence-corrected chi connectivity index (χ0v) is 7.78. The quantitative estimate of drug-likeness (QED) is 0.737. The van der Waals surface area contributed by atoms with E-state index >= 15 is 0 Å². The minimum Gasteiger partial charge on any atom is -0.447 e. The highest BCUT2D eigenvalue weighted by Gasteiger charge is 2.04. The van der Waals surface area contributed by atoms with Crippen molar-refractivity contribution in [3.05, 3.63) is 47.3 Å². The minimum atomic E-state index is -0.914. The molecule has 4 heteroatoms.